The summed E-state index contributed by atoms with van der Waals surface area (Å²) in [5, 5.41) is 63.8. The van der Waals surface area contributed by atoms with E-state index >= 15 is 0 Å². The normalized spacial score (nSPS) is 52.3. The van der Waals surface area contributed by atoms with E-state index < -0.39 is 135 Å². The van der Waals surface area contributed by atoms with Crippen LogP contribution in [0.4, 0.5) is 0 Å². The van der Waals surface area contributed by atoms with Crippen LogP contribution in [-0.2, 0) is 66.4 Å². The number of carbonyl (C=O) groups is 1. The van der Waals surface area contributed by atoms with Crippen LogP contribution in [0.3, 0.4) is 0 Å². The van der Waals surface area contributed by atoms with Crippen LogP contribution in [0.1, 0.15) is 86.0 Å². The molecule has 0 bridgehead atoms. The van der Waals surface area contributed by atoms with Crippen LogP contribution in [0.2, 0.25) is 0 Å². The molecule has 1 saturated carbocycles. The molecule has 6 N–H and O–H groups in total. The minimum absolute atomic E-state index is 0.0362. The first-order valence-corrected chi connectivity index (χ1v) is 24.2. The van der Waals surface area contributed by atoms with Crippen molar-refractivity contribution in [2.24, 2.45) is 23.2 Å². The highest BCUT2D eigenvalue weighted by atomic mass is 16.8. The van der Waals surface area contributed by atoms with Crippen molar-refractivity contribution in [2.75, 3.05) is 27.4 Å². The number of hydrogen-bond acceptors (Lipinski definition) is 20. The summed E-state index contributed by atoms with van der Waals surface area (Å²) in [7, 11) is 3.08. The van der Waals surface area contributed by atoms with Gasteiger partial charge in [-0.2, -0.15) is 0 Å². The molecule has 67 heavy (non-hydrogen) atoms. The molecular formula is C47H72O20. The number of aliphatic hydroxyl groups is 6. The molecule has 6 saturated heterocycles. The quantitative estimate of drug-likeness (QED) is 0.124. The highest BCUT2D eigenvalue weighted by molar-refractivity contribution is 5.74. The lowest BCUT2D eigenvalue weighted by Crippen LogP contribution is -2.62. The van der Waals surface area contributed by atoms with Gasteiger partial charge < -0.3 is 92.2 Å². The first-order valence-electron chi connectivity index (χ1n) is 24.2. The molecule has 20 heteroatoms. The number of methoxy groups -OCH3 is 2. The van der Waals surface area contributed by atoms with Gasteiger partial charge in [0.05, 0.1) is 80.1 Å². The third-order valence-electron chi connectivity index (χ3n) is 16.3. The monoisotopic (exact) mass is 956 g/mol. The molecule has 2 aliphatic carbocycles. The van der Waals surface area contributed by atoms with Crippen molar-refractivity contribution in [1.82, 2.24) is 0 Å². The third kappa shape index (κ3) is 9.51. The molecule has 7 aliphatic heterocycles. The molecule has 0 unspecified atom stereocenters. The number of carbonyl (C=O) groups excluding carboxylic acids is 1. The lowest BCUT2D eigenvalue weighted by Gasteiger charge is -2.52. The first-order chi connectivity index (χ1) is 31.9. The van der Waals surface area contributed by atoms with E-state index in [0.717, 1.165) is 18.4 Å². The predicted octanol–water partition coefficient (Wildman–Crippen LogP) is 0.829. The van der Waals surface area contributed by atoms with Crippen LogP contribution in [0.15, 0.2) is 23.5 Å². The number of aliphatic hydroxyl groups excluding tert-OH is 6. The fraction of sp³-hybridized carbons (Fsp3) is 0.894. The molecule has 380 valence electrons. The van der Waals surface area contributed by atoms with Gasteiger partial charge >= 0.3 is 5.97 Å². The Morgan fingerprint density at radius 1 is 0.746 bits per heavy atom. The number of fused-ring (bicyclic) bond motifs is 3. The van der Waals surface area contributed by atoms with Crippen LogP contribution in [-0.4, -0.2) is 193 Å². The van der Waals surface area contributed by atoms with Crippen LogP contribution in [0, 0.1) is 23.2 Å². The molecule has 9 aliphatic rings. The highest BCUT2D eigenvalue weighted by Crippen LogP contribution is 2.57. The zero-order chi connectivity index (χ0) is 47.7. The van der Waals surface area contributed by atoms with E-state index in [9.17, 15) is 35.4 Å². The summed E-state index contributed by atoms with van der Waals surface area (Å²) in [5.41, 5.74) is 1.84. The van der Waals surface area contributed by atoms with Crippen molar-refractivity contribution in [3.8, 4) is 0 Å². The number of hydrogen-bond donors (Lipinski definition) is 6. The molecule has 9 rings (SSSR count). The van der Waals surface area contributed by atoms with E-state index in [2.05, 4.69) is 13.0 Å². The van der Waals surface area contributed by atoms with Crippen LogP contribution < -0.4 is 0 Å². The molecule has 0 aromatic heterocycles. The van der Waals surface area contributed by atoms with E-state index in [1.54, 1.807) is 27.2 Å². The van der Waals surface area contributed by atoms with Gasteiger partial charge in [0, 0.05) is 40.4 Å². The number of allylic oxidation sites excluding steroid dienone is 1. The number of rotatable bonds is 11. The Morgan fingerprint density at radius 3 is 2.03 bits per heavy atom. The lowest BCUT2D eigenvalue weighted by molar-refractivity contribution is -0.356. The van der Waals surface area contributed by atoms with E-state index in [0.29, 0.717) is 32.3 Å². The van der Waals surface area contributed by atoms with Crippen molar-refractivity contribution in [3.63, 3.8) is 0 Å². The van der Waals surface area contributed by atoms with E-state index in [4.69, 9.17) is 61.6 Å². The third-order valence-corrected chi connectivity index (χ3v) is 16.3. The van der Waals surface area contributed by atoms with Gasteiger partial charge in [0.25, 0.3) is 0 Å². The Bertz CT molecular complexity index is 1790. The van der Waals surface area contributed by atoms with Crippen molar-refractivity contribution >= 4 is 5.97 Å². The summed E-state index contributed by atoms with van der Waals surface area (Å²) in [6.07, 6.45) is -9.91. The van der Waals surface area contributed by atoms with E-state index in [-0.39, 0.29) is 42.7 Å². The highest BCUT2D eigenvalue weighted by Gasteiger charge is 2.59. The summed E-state index contributed by atoms with van der Waals surface area (Å²) in [4.78, 5) is 13.8. The van der Waals surface area contributed by atoms with Gasteiger partial charge in [-0.15, -0.1) is 0 Å². The molecule has 0 spiro atoms. The minimum Gasteiger partial charge on any atom is -0.469 e. The molecule has 0 aromatic carbocycles. The molecular weight excluding hydrogens is 884 g/mol. The second-order valence-electron chi connectivity index (χ2n) is 20.5. The molecule has 0 radical (unpaired) electrons. The number of ether oxygens (including phenoxy) is 13. The fourth-order valence-electron chi connectivity index (χ4n) is 12.6. The second-order valence-corrected chi connectivity index (χ2v) is 20.5. The summed E-state index contributed by atoms with van der Waals surface area (Å²) >= 11 is 0. The maximum atomic E-state index is 13.8. The van der Waals surface area contributed by atoms with Gasteiger partial charge in [0.15, 0.2) is 25.2 Å². The van der Waals surface area contributed by atoms with Gasteiger partial charge in [0.2, 0.25) is 5.79 Å². The first kappa shape index (κ1) is 50.0. The number of esters is 1. The van der Waals surface area contributed by atoms with Gasteiger partial charge in [-0.1, -0.05) is 18.6 Å². The van der Waals surface area contributed by atoms with Crippen molar-refractivity contribution in [3.05, 3.63) is 23.5 Å². The van der Waals surface area contributed by atoms with Gasteiger partial charge in [-0.05, 0) is 69.8 Å². The minimum atomic E-state index is -1.60. The molecule has 7 heterocycles. The zero-order valence-electron chi connectivity index (χ0n) is 39.4. The summed E-state index contributed by atoms with van der Waals surface area (Å²) in [6.45, 7) is 9.14. The topological polar surface area (TPSA) is 258 Å². The largest absolute Gasteiger partial charge is 0.469 e. The average Bonchev–Trinajstić information content (AvgIpc) is 3.81. The van der Waals surface area contributed by atoms with E-state index in [1.165, 1.54) is 12.7 Å². The fourth-order valence-corrected chi connectivity index (χ4v) is 12.6. The maximum Gasteiger partial charge on any atom is 0.309 e. The van der Waals surface area contributed by atoms with Crippen molar-refractivity contribution < 1.29 is 97.0 Å². The standard InChI is InChI=1S/C47H72O20/c1-20-41(65-36-15-31(56-7)43(22(3)61-36)67-45-40(53)39(52)38(51)32(17-48)64-45)27(49)13-34(59-20)66-42-21(2)60-35(14-30(42)55-6)62-29-12-24-9-10-25-26(46(24,4)16-28(29)50)11-8-23-18-57-47(5)37(23)33(19-58-47)63-44(25)54/h9,18,20-22,25-43,45,48-53H,8,10-17,19H2,1-7H3/t20-,21-,22+,25-,26+,27-,28-,29-,30-,31+,32+,33+,34-,35+,36+,37+,38-,39-,40-,41-,42-,43+,45+,46+,47-/m0/s1. The lowest BCUT2D eigenvalue weighted by atomic mass is 9.55. The van der Waals surface area contributed by atoms with Crippen LogP contribution >= 0.6 is 0 Å². The van der Waals surface area contributed by atoms with E-state index in [1.807, 2.05) is 13.8 Å². The Balaban J connectivity index is 0.768. The van der Waals surface area contributed by atoms with Gasteiger partial charge in [-0.3, -0.25) is 4.79 Å². The van der Waals surface area contributed by atoms with Crippen molar-refractivity contribution in [1.29, 1.82) is 0 Å². The maximum absolute atomic E-state index is 13.8. The predicted molar refractivity (Wildman–Crippen MR) is 227 cm³/mol. The Labute approximate surface area is 390 Å². The summed E-state index contributed by atoms with van der Waals surface area (Å²) < 4.78 is 79.5. The zero-order valence-corrected chi connectivity index (χ0v) is 39.4. The van der Waals surface area contributed by atoms with Gasteiger partial charge in [0.1, 0.15) is 48.8 Å². The average molecular weight is 957 g/mol. The molecule has 20 nitrogen and oxygen atoms in total. The Kier molecular flexibility index (Phi) is 14.9. The Morgan fingerprint density at radius 2 is 1.37 bits per heavy atom. The molecule has 0 aromatic rings. The SMILES string of the molecule is CO[C@H]1C[C@@H](O[C@H]2CC3=CC[C@@H]4C(=O)O[C@@H]5CO[C@]6(C)OC=C(CC[C@H]4[C@]3(C)C[C@@H]2O)[C@H]56)O[C@@H](C)[C@@H]1O[C@H]1C[C@H](O)[C@@H](O[C@@H]2C[C@@H](OC)[C@H](O[C@H]3O[C@H](CO)[C@H](O)[C@H](O)[C@@H]3O)[C@@H](C)O2)[C@H](C)O1. The second kappa shape index (κ2) is 19.9. The summed E-state index contributed by atoms with van der Waals surface area (Å²) in [5.74, 6) is -1.52. The van der Waals surface area contributed by atoms with Crippen LogP contribution in [0.25, 0.3) is 0 Å². The Hall–Kier alpha value is -1.93. The van der Waals surface area contributed by atoms with Crippen LogP contribution in [0.5, 0.6) is 0 Å². The molecule has 7 fully saturated rings. The van der Waals surface area contributed by atoms with Gasteiger partial charge in [-0.25, -0.2) is 0 Å². The molecule has 25 atom stereocenters. The van der Waals surface area contributed by atoms with Crippen molar-refractivity contribution in [2.45, 2.75) is 215 Å². The summed E-state index contributed by atoms with van der Waals surface area (Å²) in [6, 6.07) is 0. The molecule has 0 amide bonds. The smallest absolute Gasteiger partial charge is 0.309 e.